The Morgan fingerprint density at radius 3 is 3.00 bits per heavy atom. The summed E-state index contributed by atoms with van der Waals surface area (Å²) in [5, 5.41) is 8.60. The van der Waals surface area contributed by atoms with E-state index >= 15 is 0 Å². The maximum Gasteiger partial charge on any atom is 0.326 e. The van der Waals surface area contributed by atoms with E-state index in [1.165, 1.54) is 0 Å². The molecule has 76 valence electrons. The van der Waals surface area contributed by atoms with E-state index in [2.05, 4.69) is 0 Å². The molecule has 1 saturated heterocycles. The zero-order chi connectivity index (χ0) is 9.68. The predicted molar refractivity (Wildman–Crippen MR) is 54.7 cm³/mol. The van der Waals surface area contributed by atoms with Gasteiger partial charge in [0.05, 0.1) is 6.61 Å². The smallest absolute Gasteiger partial charge is 0.326 e. The van der Waals surface area contributed by atoms with Crippen LogP contribution in [0.4, 0.5) is 0 Å². The highest BCUT2D eigenvalue weighted by Crippen LogP contribution is 2.24. The van der Waals surface area contributed by atoms with Crippen molar-refractivity contribution >= 4 is 29.5 Å². The third kappa shape index (κ3) is 3.76. The number of carbonyl (C=O) groups is 1. The van der Waals surface area contributed by atoms with Gasteiger partial charge in [-0.2, -0.15) is 11.8 Å². The lowest BCUT2D eigenvalue weighted by molar-refractivity contribution is -0.146. The number of rotatable bonds is 3. The molecule has 1 aliphatic rings. The van der Waals surface area contributed by atoms with Crippen LogP contribution in [0.5, 0.6) is 0 Å². The standard InChI is InChI=1S/C7H13NO3S2/c8-5(3-9)7(10)11-6-4-12-1-2-13-6/h5-6,9H,1-4,8H2/t5-,6?/m0/s1. The van der Waals surface area contributed by atoms with Crippen LogP contribution < -0.4 is 5.73 Å². The second kappa shape index (κ2) is 5.74. The summed E-state index contributed by atoms with van der Waals surface area (Å²) in [7, 11) is 0. The number of aliphatic hydroxyl groups excluding tert-OH is 1. The van der Waals surface area contributed by atoms with Gasteiger partial charge < -0.3 is 15.6 Å². The molecule has 3 N–H and O–H groups in total. The van der Waals surface area contributed by atoms with Crippen LogP contribution in [-0.2, 0) is 9.53 Å². The highest BCUT2D eigenvalue weighted by Gasteiger charge is 2.21. The lowest BCUT2D eigenvalue weighted by atomic mass is 10.3. The third-order valence-electron chi connectivity index (χ3n) is 1.53. The van der Waals surface area contributed by atoms with Crippen molar-refractivity contribution in [3.63, 3.8) is 0 Å². The first kappa shape index (κ1) is 11.2. The van der Waals surface area contributed by atoms with Gasteiger partial charge in [-0.25, -0.2) is 0 Å². The van der Waals surface area contributed by atoms with Crippen LogP contribution in [0.3, 0.4) is 0 Å². The van der Waals surface area contributed by atoms with Gasteiger partial charge in [0, 0.05) is 17.3 Å². The quantitative estimate of drug-likeness (QED) is 0.638. The molecule has 1 unspecified atom stereocenters. The van der Waals surface area contributed by atoms with Crippen LogP contribution in [0.1, 0.15) is 0 Å². The highest BCUT2D eigenvalue weighted by atomic mass is 32.2. The first-order chi connectivity index (χ1) is 6.24. The van der Waals surface area contributed by atoms with Gasteiger partial charge in [0.2, 0.25) is 0 Å². The van der Waals surface area contributed by atoms with E-state index in [1.807, 2.05) is 0 Å². The molecular weight excluding hydrogens is 210 g/mol. The van der Waals surface area contributed by atoms with E-state index in [4.69, 9.17) is 15.6 Å². The zero-order valence-corrected chi connectivity index (χ0v) is 8.77. The number of ether oxygens (including phenoxy) is 1. The molecule has 1 heterocycles. The minimum absolute atomic E-state index is 0.0937. The minimum Gasteiger partial charge on any atom is -0.449 e. The molecule has 4 nitrogen and oxygen atoms in total. The van der Waals surface area contributed by atoms with Gasteiger partial charge in [0.1, 0.15) is 6.04 Å². The molecule has 6 heteroatoms. The predicted octanol–water partition coefficient (Wildman–Crippen LogP) is -0.345. The zero-order valence-electron chi connectivity index (χ0n) is 7.14. The highest BCUT2D eigenvalue weighted by molar-refractivity contribution is 8.06. The van der Waals surface area contributed by atoms with Crippen LogP contribution in [0, 0.1) is 0 Å². The first-order valence-corrected chi connectivity index (χ1v) is 6.20. The molecule has 0 aliphatic carbocycles. The fourth-order valence-electron chi connectivity index (χ4n) is 0.826. The lowest BCUT2D eigenvalue weighted by Crippen LogP contribution is -2.38. The minimum atomic E-state index is -0.896. The molecule has 1 fully saturated rings. The second-order valence-electron chi connectivity index (χ2n) is 2.60. The Balaban J connectivity index is 2.26. The van der Waals surface area contributed by atoms with Crippen molar-refractivity contribution in [2.45, 2.75) is 11.5 Å². The van der Waals surface area contributed by atoms with E-state index in [-0.39, 0.29) is 12.0 Å². The van der Waals surface area contributed by atoms with Gasteiger partial charge in [-0.05, 0) is 0 Å². The summed E-state index contributed by atoms with van der Waals surface area (Å²) in [5.41, 5.74) is 5.20. The summed E-state index contributed by atoms with van der Waals surface area (Å²) in [6.07, 6.45) is 0. The van der Waals surface area contributed by atoms with E-state index in [1.54, 1.807) is 23.5 Å². The Morgan fingerprint density at radius 1 is 1.69 bits per heavy atom. The van der Waals surface area contributed by atoms with Crippen molar-refractivity contribution in [3.05, 3.63) is 0 Å². The summed E-state index contributed by atoms with van der Waals surface area (Å²) in [4.78, 5) is 11.1. The van der Waals surface area contributed by atoms with Crippen LogP contribution in [0.25, 0.3) is 0 Å². The van der Waals surface area contributed by atoms with Gasteiger partial charge in [-0.1, -0.05) is 0 Å². The number of hydrogen-bond acceptors (Lipinski definition) is 6. The Bertz CT molecular complexity index is 173. The summed E-state index contributed by atoms with van der Waals surface area (Å²) >= 11 is 3.38. The number of nitrogens with two attached hydrogens (primary N) is 1. The number of esters is 1. The van der Waals surface area contributed by atoms with E-state index < -0.39 is 12.0 Å². The van der Waals surface area contributed by atoms with Crippen molar-refractivity contribution in [3.8, 4) is 0 Å². The molecule has 1 aliphatic heterocycles. The van der Waals surface area contributed by atoms with Crippen LogP contribution >= 0.6 is 23.5 Å². The third-order valence-corrected chi connectivity index (χ3v) is 4.11. The maximum absolute atomic E-state index is 11.1. The molecule has 0 radical (unpaired) electrons. The largest absolute Gasteiger partial charge is 0.449 e. The van der Waals surface area contributed by atoms with Gasteiger partial charge in [-0.15, -0.1) is 11.8 Å². The monoisotopic (exact) mass is 223 g/mol. The maximum atomic E-state index is 11.1. The second-order valence-corrected chi connectivity index (χ2v) is 5.02. The summed E-state index contributed by atoms with van der Waals surface area (Å²) < 4.78 is 5.06. The van der Waals surface area contributed by atoms with Gasteiger partial charge >= 0.3 is 5.97 Å². The average Bonchev–Trinajstić information content (AvgIpc) is 2.18. The molecule has 0 aromatic rings. The van der Waals surface area contributed by atoms with Crippen molar-refractivity contribution in [2.75, 3.05) is 23.9 Å². The molecule has 2 atom stereocenters. The molecule has 0 spiro atoms. The SMILES string of the molecule is N[C@@H](CO)C(=O)OC1CSCCS1. The van der Waals surface area contributed by atoms with Crippen molar-refractivity contribution < 1.29 is 14.6 Å². The van der Waals surface area contributed by atoms with Crippen molar-refractivity contribution in [1.29, 1.82) is 0 Å². The number of carbonyl (C=O) groups excluding carboxylic acids is 1. The summed E-state index contributed by atoms with van der Waals surface area (Å²) in [6, 6.07) is -0.896. The number of hydrogen-bond donors (Lipinski definition) is 2. The van der Waals surface area contributed by atoms with Crippen molar-refractivity contribution in [1.82, 2.24) is 0 Å². The Morgan fingerprint density at radius 2 is 2.46 bits per heavy atom. The van der Waals surface area contributed by atoms with Crippen LogP contribution in [-0.4, -0.2) is 46.4 Å². The summed E-state index contributed by atoms with van der Waals surface area (Å²) in [5.74, 6) is 2.40. The summed E-state index contributed by atoms with van der Waals surface area (Å²) in [6.45, 7) is -0.358. The number of aliphatic hydroxyl groups is 1. The molecule has 0 amide bonds. The van der Waals surface area contributed by atoms with Crippen LogP contribution in [0.2, 0.25) is 0 Å². The number of thioether (sulfide) groups is 2. The molecule has 0 aromatic heterocycles. The Labute approximate surface area is 85.6 Å². The lowest BCUT2D eigenvalue weighted by Gasteiger charge is -2.22. The first-order valence-electron chi connectivity index (χ1n) is 4.00. The molecule has 0 saturated carbocycles. The Kier molecular flexibility index (Phi) is 4.93. The Hall–Kier alpha value is 0.0900. The average molecular weight is 223 g/mol. The molecule has 1 rings (SSSR count). The van der Waals surface area contributed by atoms with Gasteiger partial charge in [-0.3, -0.25) is 4.79 Å². The van der Waals surface area contributed by atoms with Gasteiger partial charge in [0.25, 0.3) is 0 Å². The van der Waals surface area contributed by atoms with E-state index in [9.17, 15) is 4.79 Å². The molecule has 0 bridgehead atoms. The molecular formula is C7H13NO3S2. The normalized spacial score (nSPS) is 25.2. The van der Waals surface area contributed by atoms with Crippen LogP contribution in [0.15, 0.2) is 0 Å². The fraction of sp³-hybridized carbons (Fsp3) is 0.857. The van der Waals surface area contributed by atoms with Crippen molar-refractivity contribution in [2.24, 2.45) is 5.73 Å². The molecule has 0 aromatic carbocycles. The fourth-order valence-corrected chi connectivity index (χ4v) is 3.21. The topological polar surface area (TPSA) is 72.5 Å². The molecule has 13 heavy (non-hydrogen) atoms. The van der Waals surface area contributed by atoms with E-state index in [0.29, 0.717) is 0 Å². The van der Waals surface area contributed by atoms with Gasteiger partial charge in [0.15, 0.2) is 5.44 Å². The van der Waals surface area contributed by atoms with E-state index in [0.717, 1.165) is 17.3 Å².